The lowest BCUT2D eigenvalue weighted by Gasteiger charge is -2.09. The zero-order chi connectivity index (χ0) is 19.8. The Balaban J connectivity index is 0.000000706. The molecule has 3 heterocycles. The molecule has 0 aliphatic rings. The average Bonchev–Trinajstić information content (AvgIpc) is 3.40. The molecule has 0 fully saturated rings. The van der Waals surface area contributed by atoms with Crippen molar-refractivity contribution in [2.75, 3.05) is 7.11 Å². The fraction of sp³-hybridized carbons (Fsp3) is 0.200. The summed E-state index contributed by atoms with van der Waals surface area (Å²) in [5, 5.41) is 7.94. The fourth-order valence-corrected chi connectivity index (χ4v) is 2.98. The Morgan fingerprint density at radius 3 is 2.82 bits per heavy atom. The van der Waals surface area contributed by atoms with Crippen LogP contribution < -0.4 is 4.74 Å². The summed E-state index contributed by atoms with van der Waals surface area (Å²) in [7, 11) is 1.67. The fourth-order valence-electron chi connectivity index (χ4n) is 2.98. The number of rotatable bonds is 6. The largest absolute Gasteiger partial charge is 0.494 e. The van der Waals surface area contributed by atoms with Crippen LogP contribution in [0, 0.1) is 0 Å². The highest BCUT2D eigenvalue weighted by Crippen LogP contribution is 2.26. The predicted octanol–water partition coefficient (Wildman–Crippen LogP) is 3.16. The third-order valence-corrected chi connectivity index (χ3v) is 4.22. The first-order valence-electron chi connectivity index (χ1n) is 8.78. The maximum Gasteiger partial charge on any atom is 0.290 e. The van der Waals surface area contributed by atoms with Crippen LogP contribution in [0.25, 0.3) is 22.4 Å². The molecule has 0 bridgehead atoms. The van der Waals surface area contributed by atoms with E-state index >= 15 is 0 Å². The van der Waals surface area contributed by atoms with Crippen LogP contribution in [-0.4, -0.2) is 43.2 Å². The van der Waals surface area contributed by atoms with E-state index in [1.807, 2.05) is 42.9 Å². The van der Waals surface area contributed by atoms with E-state index in [0.717, 1.165) is 53.4 Å². The van der Waals surface area contributed by atoms with Gasteiger partial charge in [-0.25, -0.2) is 15.0 Å². The van der Waals surface area contributed by atoms with Gasteiger partial charge in [0, 0.05) is 43.1 Å². The molecule has 0 spiro atoms. The number of carbonyl (C=O) groups is 1. The Morgan fingerprint density at radius 1 is 1.21 bits per heavy atom. The maximum absolute atomic E-state index is 8.36. The molecule has 0 saturated heterocycles. The molecular formula is C20H21N5O3. The molecule has 1 aromatic carbocycles. The highest BCUT2D eigenvalue weighted by Gasteiger charge is 2.10. The zero-order valence-electron chi connectivity index (χ0n) is 15.4. The van der Waals surface area contributed by atoms with Crippen molar-refractivity contribution < 1.29 is 14.6 Å². The first kappa shape index (κ1) is 19.1. The number of nitrogens with zero attached hydrogens (tertiary/aromatic N) is 4. The van der Waals surface area contributed by atoms with Gasteiger partial charge < -0.3 is 19.4 Å². The second-order valence-electron chi connectivity index (χ2n) is 5.92. The van der Waals surface area contributed by atoms with E-state index in [0.29, 0.717) is 0 Å². The normalized spacial score (nSPS) is 10.3. The van der Waals surface area contributed by atoms with E-state index in [4.69, 9.17) is 19.6 Å². The number of aromatic nitrogens is 5. The van der Waals surface area contributed by atoms with Gasteiger partial charge in [0.15, 0.2) is 5.82 Å². The molecule has 3 aromatic heterocycles. The number of methoxy groups -OCH3 is 1. The lowest BCUT2D eigenvalue weighted by atomic mass is 10.2. The topological polar surface area (TPSA) is 106 Å². The molecule has 0 unspecified atom stereocenters. The van der Waals surface area contributed by atoms with Gasteiger partial charge in [-0.3, -0.25) is 4.79 Å². The summed E-state index contributed by atoms with van der Waals surface area (Å²) >= 11 is 0. The molecule has 0 amide bonds. The molecular weight excluding hydrogens is 358 g/mol. The van der Waals surface area contributed by atoms with E-state index in [1.54, 1.807) is 13.3 Å². The van der Waals surface area contributed by atoms with Crippen molar-refractivity contribution in [3.05, 3.63) is 60.9 Å². The van der Waals surface area contributed by atoms with Crippen LogP contribution in [0.2, 0.25) is 0 Å². The molecule has 4 rings (SSSR count). The summed E-state index contributed by atoms with van der Waals surface area (Å²) in [5.41, 5.74) is 1.70. The lowest BCUT2D eigenvalue weighted by Crippen LogP contribution is -2.03. The van der Waals surface area contributed by atoms with E-state index in [1.165, 1.54) is 0 Å². The van der Waals surface area contributed by atoms with Crippen molar-refractivity contribution in [1.29, 1.82) is 0 Å². The van der Waals surface area contributed by atoms with Gasteiger partial charge in [-0.15, -0.1) is 0 Å². The van der Waals surface area contributed by atoms with Crippen molar-refractivity contribution in [3.63, 3.8) is 0 Å². The first-order chi connectivity index (χ1) is 13.8. The molecule has 0 atom stereocenters. The van der Waals surface area contributed by atoms with Crippen molar-refractivity contribution in [1.82, 2.24) is 24.5 Å². The minimum atomic E-state index is -0.250. The number of benzene rings is 1. The molecule has 144 valence electrons. The van der Waals surface area contributed by atoms with E-state index in [2.05, 4.69) is 25.6 Å². The molecule has 2 N–H and O–H groups in total. The second-order valence-corrected chi connectivity index (χ2v) is 5.92. The number of aromatic amines is 1. The van der Waals surface area contributed by atoms with Crippen LogP contribution in [-0.2, 0) is 17.8 Å². The SMILES string of the molecule is COc1cccc2ccc(-c3nccn3CCCc3ncc[nH]3)nc12.O=CO. The maximum atomic E-state index is 8.36. The predicted molar refractivity (Wildman–Crippen MR) is 105 cm³/mol. The van der Waals surface area contributed by atoms with Crippen LogP contribution in [0.5, 0.6) is 5.75 Å². The molecule has 4 aromatic rings. The number of para-hydroxylation sites is 1. The first-order valence-corrected chi connectivity index (χ1v) is 8.78. The molecule has 8 nitrogen and oxygen atoms in total. The third-order valence-electron chi connectivity index (χ3n) is 4.22. The number of imidazole rings is 2. The Labute approximate surface area is 161 Å². The van der Waals surface area contributed by atoms with Gasteiger partial charge in [-0.05, 0) is 18.6 Å². The molecule has 0 aliphatic heterocycles. The molecule has 0 radical (unpaired) electrons. The highest BCUT2D eigenvalue weighted by atomic mass is 16.5. The van der Waals surface area contributed by atoms with Gasteiger partial charge in [0.25, 0.3) is 6.47 Å². The van der Waals surface area contributed by atoms with Crippen molar-refractivity contribution in [2.45, 2.75) is 19.4 Å². The van der Waals surface area contributed by atoms with Crippen LogP contribution in [0.1, 0.15) is 12.2 Å². The van der Waals surface area contributed by atoms with E-state index < -0.39 is 0 Å². The van der Waals surface area contributed by atoms with Crippen LogP contribution in [0.4, 0.5) is 0 Å². The summed E-state index contributed by atoms with van der Waals surface area (Å²) in [6.45, 7) is 0.613. The smallest absolute Gasteiger partial charge is 0.290 e. The Morgan fingerprint density at radius 2 is 2.07 bits per heavy atom. The Hall–Kier alpha value is -3.68. The highest BCUT2D eigenvalue weighted by molar-refractivity contribution is 5.86. The number of hydrogen-bond acceptors (Lipinski definition) is 5. The summed E-state index contributed by atoms with van der Waals surface area (Å²) in [6, 6.07) is 9.99. The van der Waals surface area contributed by atoms with Gasteiger partial charge in [-0.1, -0.05) is 18.2 Å². The number of fused-ring (bicyclic) bond motifs is 1. The Bertz CT molecular complexity index is 1030. The van der Waals surface area contributed by atoms with E-state index in [9.17, 15) is 0 Å². The number of carboxylic acid groups (broad SMARTS) is 1. The summed E-state index contributed by atoms with van der Waals surface area (Å²) < 4.78 is 7.57. The quantitative estimate of drug-likeness (QED) is 0.499. The van der Waals surface area contributed by atoms with Crippen LogP contribution >= 0.6 is 0 Å². The number of nitrogens with one attached hydrogen (secondary N) is 1. The van der Waals surface area contributed by atoms with Gasteiger partial charge in [-0.2, -0.15) is 0 Å². The number of aryl methyl sites for hydroxylation is 2. The minimum Gasteiger partial charge on any atom is -0.494 e. The molecule has 0 saturated carbocycles. The molecule has 0 aliphatic carbocycles. The molecule has 8 heteroatoms. The number of ether oxygens (including phenoxy) is 1. The van der Waals surface area contributed by atoms with Gasteiger partial charge in [0.05, 0.1) is 7.11 Å². The minimum absolute atomic E-state index is 0.250. The summed E-state index contributed by atoms with van der Waals surface area (Å²) in [4.78, 5) is 25.0. The second kappa shape index (κ2) is 9.31. The average molecular weight is 379 g/mol. The van der Waals surface area contributed by atoms with E-state index in [-0.39, 0.29) is 6.47 Å². The van der Waals surface area contributed by atoms with Gasteiger partial charge >= 0.3 is 0 Å². The molecule has 28 heavy (non-hydrogen) atoms. The summed E-state index contributed by atoms with van der Waals surface area (Å²) in [6.07, 6.45) is 9.33. The number of pyridine rings is 1. The number of H-pyrrole nitrogens is 1. The van der Waals surface area contributed by atoms with Gasteiger partial charge in [0.2, 0.25) is 0 Å². The van der Waals surface area contributed by atoms with Crippen molar-refractivity contribution in [2.24, 2.45) is 0 Å². The van der Waals surface area contributed by atoms with Gasteiger partial charge in [0.1, 0.15) is 22.8 Å². The zero-order valence-corrected chi connectivity index (χ0v) is 15.4. The monoisotopic (exact) mass is 379 g/mol. The number of hydrogen-bond donors (Lipinski definition) is 2. The lowest BCUT2D eigenvalue weighted by molar-refractivity contribution is -0.122. The van der Waals surface area contributed by atoms with Crippen LogP contribution in [0.3, 0.4) is 0 Å². The van der Waals surface area contributed by atoms with Crippen molar-refractivity contribution >= 4 is 17.4 Å². The Kier molecular flexibility index (Phi) is 6.35. The van der Waals surface area contributed by atoms with Crippen molar-refractivity contribution in [3.8, 4) is 17.3 Å². The standard InChI is InChI=1S/C19H19N5O.CH2O2/c1-25-16-5-2-4-14-7-8-15(23-18(14)16)19-22-11-13-24(19)12-3-6-17-20-9-10-21-17;2-1-3/h2,4-5,7-11,13H,3,6,12H2,1H3,(H,20,21);1H,(H,2,3). The third kappa shape index (κ3) is 4.35. The van der Waals surface area contributed by atoms with Crippen LogP contribution in [0.15, 0.2) is 55.1 Å². The summed E-state index contributed by atoms with van der Waals surface area (Å²) in [5.74, 6) is 2.65.